The third-order valence-corrected chi connectivity index (χ3v) is 4.09. The molecule has 0 saturated carbocycles. The zero-order valence-corrected chi connectivity index (χ0v) is 12.5. The van der Waals surface area contributed by atoms with Crippen LogP contribution in [0.1, 0.15) is 12.1 Å². The SMILES string of the molecule is NC(=O)[C@H]1CCN(C(=O)/C=C/c2c(Cl)nc3ccccn23)C1. The molecule has 1 atom stereocenters. The number of pyridine rings is 1. The molecule has 114 valence electrons. The lowest BCUT2D eigenvalue weighted by molar-refractivity contribution is -0.125. The molecule has 1 aliphatic heterocycles. The van der Waals surface area contributed by atoms with Crippen LogP contribution in [0.2, 0.25) is 5.15 Å². The number of primary amides is 1. The number of hydrogen-bond donors (Lipinski definition) is 1. The lowest BCUT2D eigenvalue weighted by Crippen LogP contribution is -2.30. The van der Waals surface area contributed by atoms with Gasteiger partial charge in [-0.05, 0) is 24.6 Å². The van der Waals surface area contributed by atoms with Crippen LogP contribution < -0.4 is 5.73 Å². The Morgan fingerprint density at radius 1 is 1.41 bits per heavy atom. The molecule has 0 aromatic carbocycles. The summed E-state index contributed by atoms with van der Waals surface area (Å²) in [5.74, 6) is -0.772. The van der Waals surface area contributed by atoms with Crippen molar-refractivity contribution in [3.05, 3.63) is 41.3 Å². The highest BCUT2D eigenvalue weighted by atomic mass is 35.5. The number of halogens is 1. The fourth-order valence-corrected chi connectivity index (χ4v) is 2.82. The number of rotatable bonds is 3. The summed E-state index contributed by atoms with van der Waals surface area (Å²) in [6, 6.07) is 5.57. The van der Waals surface area contributed by atoms with Crippen LogP contribution in [0.25, 0.3) is 11.7 Å². The minimum Gasteiger partial charge on any atom is -0.369 e. The molecular formula is C15H15ClN4O2. The number of nitrogens with zero attached hydrogens (tertiary/aromatic N) is 3. The van der Waals surface area contributed by atoms with E-state index >= 15 is 0 Å². The topological polar surface area (TPSA) is 80.7 Å². The Bertz CT molecular complexity index is 768. The standard InChI is InChI=1S/C15H15ClN4O2/c16-14-11(20-7-2-1-3-12(20)18-14)4-5-13(21)19-8-6-10(9-19)15(17)22/h1-5,7,10H,6,8-9H2,(H2,17,22)/b5-4+/t10-/m0/s1. The average molecular weight is 319 g/mol. The lowest BCUT2D eigenvalue weighted by Gasteiger charge is -2.13. The number of carbonyl (C=O) groups is 2. The smallest absolute Gasteiger partial charge is 0.246 e. The molecule has 2 amide bonds. The number of likely N-dealkylation sites (tertiary alicyclic amines) is 1. The van der Waals surface area contributed by atoms with Gasteiger partial charge in [0.2, 0.25) is 11.8 Å². The van der Waals surface area contributed by atoms with Crippen molar-refractivity contribution in [2.45, 2.75) is 6.42 Å². The molecule has 0 radical (unpaired) electrons. The quantitative estimate of drug-likeness (QED) is 0.867. The van der Waals surface area contributed by atoms with E-state index in [0.717, 1.165) is 5.65 Å². The van der Waals surface area contributed by atoms with Gasteiger partial charge in [0.15, 0.2) is 5.15 Å². The minimum atomic E-state index is -0.357. The summed E-state index contributed by atoms with van der Waals surface area (Å²) in [5.41, 5.74) is 6.64. The fourth-order valence-electron chi connectivity index (χ4n) is 2.58. The predicted molar refractivity (Wildman–Crippen MR) is 83.1 cm³/mol. The summed E-state index contributed by atoms with van der Waals surface area (Å²) in [7, 11) is 0. The number of fused-ring (bicyclic) bond motifs is 1. The van der Waals surface area contributed by atoms with Gasteiger partial charge in [-0.3, -0.25) is 14.0 Å². The Kier molecular flexibility index (Phi) is 3.85. The Balaban J connectivity index is 1.77. The molecule has 22 heavy (non-hydrogen) atoms. The first-order valence-corrected chi connectivity index (χ1v) is 7.33. The van der Waals surface area contributed by atoms with Gasteiger partial charge in [0, 0.05) is 25.4 Å². The van der Waals surface area contributed by atoms with Crippen molar-refractivity contribution >= 4 is 35.1 Å². The highest BCUT2D eigenvalue weighted by Gasteiger charge is 2.28. The van der Waals surface area contributed by atoms with Gasteiger partial charge in [0.25, 0.3) is 0 Å². The highest BCUT2D eigenvalue weighted by molar-refractivity contribution is 6.31. The van der Waals surface area contributed by atoms with Crippen molar-refractivity contribution in [3.8, 4) is 0 Å². The largest absolute Gasteiger partial charge is 0.369 e. The van der Waals surface area contributed by atoms with Crippen LogP contribution in [0.15, 0.2) is 30.5 Å². The first kappa shape index (κ1) is 14.6. The molecule has 7 heteroatoms. The molecule has 2 aromatic rings. The highest BCUT2D eigenvalue weighted by Crippen LogP contribution is 2.20. The van der Waals surface area contributed by atoms with Crippen molar-refractivity contribution in [3.63, 3.8) is 0 Å². The Morgan fingerprint density at radius 2 is 2.23 bits per heavy atom. The van der Waals surface area contributed by atoms with Crippen LogP contribution in [0.3, 0.4) is 0 Å². The molecule has 1 saturated heterocycles. The van der Waals surface area contributed by atoms with Gasteiger partial charge in [-0.2, -0.15) is 0 Å². The lowest BCUT2D eigenvalue weighted by atomic mass is 10.1. The van der Waals surface area contributed by atoms with E-state index in [1.165, 1.54) is 6.08 Å². The average Bonchev–Trinajstić information content (AvgIpc) is 3.09. The van der Waals surface area contributed by atoms with Crippen LogP contribution in [0.5, 0.6) is 0 Å². The Labute approximate surface area is 132 Å². The Morgan fingerprint density at radius 3 is 2.95 bits per heavy atom. The van der Waals surface area contributed by atoms with E-state index in [0.29, 0.717) is 30.4 Å². The third-order valence-electron chi connectivity index (χ3n) is 3.81. The van der Waals surface area contributed by atoms with Crippen LogP contribution in [0.4, 0.5) is 0 Å². The first-order chi connectivity index (χ1) is 10.6. The fraction of sp³-hybridized carbons (Fsp3) is 0.267. The molecule has 0 aliphatic carbocycles. The van der Waals surface area contributed by atoms with Crippen LogP contribution in [0, 0.1) is 5.92 Å². The summed E-state index contributed by atoms with van der Waals surface area (Å²) in [6.45, 7) is 0.914. The molecular weight excluding hydrogens is 304 g/mol. The van der Waals surface area contributed by atoms with Gasteiger partial charge in [0.1, 0.15) is 5.65 Å². The molecule has 1 fully saturated rings. The van der Waals surface area contributed by atoms with Gasteiger partial charge >= 0.3 is 0 Å². The monoisotopic (exact) mass is 318 g/mol. The molecule has 6 nitrogen and oxygen atoms in total. The molecule has 3 heterocycles. The zero-order chi connectivity index (χ0) is 15.7. The zero-order valence-electron chi connectivity index (χ0n) is 11.8. The molecule has 0 spiro atoms. The van der Waals surface area contributed by atoms with E-state index in [4.69, 9.17) is 17.3 Å². The van der Waals surface area contributed by atoms with Gasteiger partial charge in [-0.15, -0.1) is 0 Å². The van der Waals surface area contributed by atoms with E-state index in [1.54, 1.807) is 11.0 Å². The number of amides is 2. The molecule has 2 N–H and O–H groups in total. The summed E-state index contributed by atoms with van der Waals surface area (Å²) in [4.78, 5) is 29.1. The van der Waals surface area contributed by atoms with E-state index in [9.17, 15) is 9.59 Å². The predicted octanol–water partition coefficient (Wildman–Crippen LogP) is 1.33. The molecule has 1 aliphatic rings. The number of imidazole rings is 1. The van der Waals surface area contributed by atoms with Crippen molar-refractivity contribution in [1.82, 2.24) is 14.3 Å². The maximum Gasteiger partial charge on any atom is 0.246 e. The summed E-state index contributed by atoms with van der Waals surface area (Å²) in [6.07, 6.45) is 5.54. The van der Waals surface area contributed by atoms with E-state index < -0.39 is 0 Å². The molecule has 2 aromatic heterocycles. The van der Waals surface area contributed by atoms with E-state index in [1.807, 2.05) is 28.8 Å². The normalized spacial score (nSPS) is 18.4. The number of aromatic nitrogens is 2. The summed E-state index contributed by atoms with van der Waals surface area (Å²) >= 11 is 6.11. The van der Waals surface area contributed by atoms with Crippen LogP contribution >= 0.6 is 11.6 Å². The molecule has 0 unspecified atom stereocenters. The van der Waals surface area contributed by atoms with Gasteiger partial charge in [0.05, 0.1) is 11.6 Å². The van der Waals surface area contributed by atoms with Gasteiger partial charge < -0.3 is 10.6 Å². The number of carbonyl (C=O) groups excluding carboxylic acids is 2. The third kappa shape index (κ3) is 2.69. The van der Waals surface area contributed by atoms with Crippen LogP contribution in [-0.2, 0) is 9.59 Å². The molecule has 0 bridgehead atoms. The first-order valence-electron chi connectivity index (χ1n) is 6.95. The second kappa shape index (κ2) is 5.81. The van der Waals surface area contributed by atoms with Crippen molar-refractivity contribution in [2.75, 3.05) is 13.1 Å². The maximum absolute atomic E-state index is 12.2. The Hall–Kier alpha value is -2.34. The number of hydrogen-bond acceptors (Lipinski definition) is 3. The van der Waals surface area contributed by atoms with Crippen molar-refractivity contribution in [2.24, 2.45) is 11.7 Å². The maximum atomic E-state index is 12.2. The van der Waals surface area contributed by atoms with E-state index in [2.05, 4.69) is 4.98 Å². The summed E-state index contributed by atoms with van der Waals surface area (Å²) < 4.78 is 1.81. The van der Waals surface area contributed by atoms with E-state index in [-0.39, 0.29) is 17.7 Å². The van der Waals surface area contributed by atoms with Crippen LogP contribution in [-0.4, -0.2) is 39.2 Å². The van der Waals surface area contributed by atoms with Gasteiger partial charge in [-0.1, -0.05) is 17.7 Å². The van der Waals surface area contributed by atoms with Crippen molar-refractivity contribution in [1.29, 1.82) is 0 Å². The van der Waals surface area contributed by atoms with Gasteiger partial charge in [-0.25, -0.2) is 4.98 Å². The van der Waals surface area contributed by atoms with Crippen molar-refractivity contribution < 1.29 is 9.59 Å². The number of nitrogens with two attached hydrogens (primary N) is 1. The second-order valence-corrected chi connectivity index (χ2v) is 5.58. The minimum absolute atomic E-state index is 0.161. The molecule has 3 rings (SSSR count). The second-order valence-electron chi connectivity index (χ2n) is 5.22. The summed E-state index contributed by atoms with van der Waals surface area (Å²) in [5, 5.41) is 0.340.